The number of aromatic nitrogens is 1. The lowest BCUT2D eigenvalue weighted by Crippen LogP contribution is -2.27. The molecule has 6 heteroatoms. The van der Waals surface area contributed by atoms with Gasteiger partial charge in [-0.25, -0.2) is 4.98 Å². The number of nitrogens with zero attached hydrogens (tertiary/aromatic N) is 2. The lowest BCUT2D eigenvalue weighted by Gasteiger charge is -2.17. The average Bonchev–Trinajstić information content (AvgIpc) is 2.64. The van der Waals surface area contributed by atoms with Crippen LogP contribution in [0.15, 0.2) is 18.3 Å². The molecule has 2 rings (SSSR count). The third-order valence-electron chi connectivity index (χ3n) is 2.62. The van der Waals surface area contributed by atoms with Gasteiger partial charge in [0.1, 0.15) is 5.82 Å². The highest BCUT2D eigenvalue weighted by Gasteiger charge is 2.31. The smallest absolute Gasteiger partial charge is 0.355 e. The Labute approximate surface area is 91.1 Å². The van der Waals surface area contributed by atoms with E-state index < -0.39 is 11.7 Å². The van der Waals surface area contributed by atoms with Gasteiger partial charge < -0.3 is 10.6 Å². The lowest BCUT2D eigenvalue weighted by atomic mass is 10.2. The van der Waals surface area contributed by atoms with Crippen LogP contribution < -0.4 is 10.6 Å². The van der Waals surface area contributed by atoms with Crippen molar-refractivity contribution < 1.29 is 13.2 Å². The highest BCUT2D eigenvalue weighted by atomic mass is 19.4. The van der Waals surface area contributed by atoms with E-state index >= 15 is 0 Å². The van der Waals surface area contributed by atoms with Crippen LogP contribution in [0.5, 0.6) is 0 Å². The zero-order valence-corrected chi connectivity index (χ0v) is 8.54. The highest BCUT2D eigenvalue weighted by Crippen LogP contribution is 2.31. The van der Waals surface area contributed by atoms with Crippen molar-refractivity contribution in [1.82, 2.24) is 4.98 Å². The fourth-order valence-electron chi connectivity index (χ4n) is 1.76. The summed E-state index contributed by atoms with van der Waals surface area (Å²) >= 11 is 0. The van der Waals surface area contributed by atoms with Crippen molar-refractivity contribution in [3.8, 4) is 0 Å². The first-order valence-corrected chi connectivity index (χ1v) is 5.00. The van der Waals surface area contributed by atoms with Crippen LogP contribution in [0.3, 0.4) is 0 Å². The van der Waals surface area contributed by atoms with E-state index in [9.17, 15) is 13.2 Å². The summed E-state index contributed by atoms with van der Waals surface area (Å²) in [5, 5.41) is 0. The molecule has 1 aromatic heterocycles. The third kappa shape index (κ3) is 2.27. The third-order valence-corrected chi connectivity index (χ3v) is 2.62. The monoisotopic (exact) mass is 231 g/mol. The Hall–Kier alpha value is -1.30. The maximum Gasteiger partial charge on any atom is 0.416 e. The molecule has 0 unspecified atom stereocenters. The predicted octanol–water partition coefficient (Wildman–Crippen LogP) is 1.64. The Morgan fingerprint density at radius 3 is 2.75 bits per heavy atom. The van der Waals surface area contributed by atoms with E-state index in [-0.39, 0.29) is 6.04 Å². The number of halogens is 3. The van der Waals surface area contributed by atoms with Gasteiger partial charge in [-0.1, -0.05) is 0 Å². The summed E-state index contributed by atoms with van der Waals surface area (Å²) in [4.78, 5) is 5.72. The SMILES string of the molecule is N[C@@H]1CCN(c2cc(C(F)(F)F)ccn2)C1. The number of hydrogen-bond acceptors (Lipinski definition) is 3. The van der Waals surface area contributed by atoms with Crippen LogP contribution in [0.2, 0.25) is 0 Å². The van der Waals surface area contributed by atoms with E-state index in [1.807, 2.05) is 0 Å². The first-order valence-electron chi connectivity index (χ1n) is 5.00. The van der Waals surface area contributed by atoms with Crippen LogP contribution >= 0.6 is 0 Å². The van der Waals surface area contributed by atoms with Crippen LogP contribution in [0.25, 0.3) is 0 Å². The van der Waals surface area contributed by atoms with Crippen LogP contribution in [-0.4, -0.2) is 24.1 Å². The van der Waals surface area contributed by atoms with Crippen molar-refractivity contribution in [2.24, 2.45) is 5.73 Å². The predicted molar refractivity (Wildman–Crippen MR) is 54.0 cm³/mol. The molecule has 3 nitrogen and oxygen atoms in total. The maximum absolute atomic E-state index is 12.5. The summed E-state index contributed by atoms with van der Waals surface area (Å²) in [6.45, 7) is 1.23. The zero-order chi connectivity index (χ0) is 11.8. The second-order valence-electron chi connectivity index (χ2n) is 3.90. The normalized spacial score (nSPS) is 21.5. The molecule has 0 radical (unpaired) electrons. The molecule has 16 heavy (non-hydrogen) atoms. The summed E-state index contributed by atoms with van der Waals surface area (Å²) in [6, 6.07) is 2.06. The molecule has 2 heterocycles. The molecule has 1 fully saturated rings. The molecule has 0 aromatic carbocycles. The Balaban J connectivity index is 2.23. The van der Waals surface area contributed by atoms with E-state index in [1.54, 1.807) is 4.90 Å². The zero-order valence-electron chi connectivity index (χ0n) is 8.54. The summed E-state index contributed by atoms with van der Waals surface area (Å²) in [5.41, 5.74) is 5.03. The van der Waals surface area contributed by atoms with Gasteiger partial charge in [-0.05, 0) is 18.6 Å². The van der Waals surface area contributed by atoms with Gasteiger partial charge in [0.15, 0.2) is 0 Å². The summed E-state index contributed by atoms with van der Waals surface area (Å²) in [5.74, 6) is 0.350. The molecule has 1 aliphatic heterocycles. The van der Waals surface area contributed by atoms with E-state index in [1.165, 1.54) is 6.20 Å². The Morgan fingerprint density at radius 1 is 1.44 bits per heavy atom. The number of rotatable bonds is 1. The first-order chi connectivity index (χ1) is 7.47. The Bertz CT molecular complexity index is 378. The van der Waals surface area contributed by atoms with Crippen molar-refractivity contribution in [1.29, 1.82) is 0 Å². The molecule has 0 bridgehead atoms. The molecule has 0 amide bonds. The number of hydrogen-bond donors (Lipinski definition) is 1. The van der Waals surface area contributed by atoms with Crippen molar-refractivity contribution in [2.75, 3.05) is 18.0 Å². The minimum absolute atomic E-state index is 0.0244. The van der Waals surface area contributed by atoms with Crippen molar-refractivity contribution >= 4 is 5.82 Å². The summed E-state index contributed by atoms with van der Waals surface area (Å²) in [7, 11) is 0. The van der Waals surface area contributed by atoms with E-state index in [0.717, 1.165) is 18.6 Å². The van der Waals surface area contributed by atoms with Crippen LogP contribution in [0, 0.1) is 0 Å². The Kier molecular flexibility index (Phi) is 2.75. The van der Waals surface area contributed by atoms with Gasteiger partial charge in [-0.15, -0.1) is 0 Å². The second-order valence-corrected chi connectivity index (χ2v) is 3.90. The minimum atomic E-state index is -4.32. The van der Waals surface area contributed by atoms with Crippen LogP contribution in [-0.2, 0) is 6.18 Å². The van der Waals surface area contributed by atoms with Gasteiger partial charge in [0.25, 0.3) is 0 Å². The number of alkyl halides is 3. The molecular formula is C10H12F3N3. The number of nitrogens with two attached hydrogens (primary N) is 1. The van der Waals surface area contributed by atoms with E-state index in [2.05, 4.69) is 4.98 Å². The van der Waals surface area contributed by atoms with Crippen molar-refractivity contribution in [2.45, 2.75) is 18.6 Å². The van der Waals surface area contributed by atoms with Gasteiger partial charge in [0, 0.05) is 25.3 Å². The van der Waals surface area contributed by atoms with Gasteiger partial charge in [-0.3, -0.25) is 0 Å². The molecule has 1 aliphatic rings. The largest absolute Gasteiger partial charge is 0.416 e. The molecule has 1 aromatic rings. The van der Waals surface area contributed by atoms with E-state index in [0.29, 0.717) is 18.9 Å². The highest BCUT2D eigenvalue weighted by molar-refractivity contribution is 5.43. The summed E-state index contributed by atoms with van der Waals surface area (Å²) < 4.78 is 37.4. The molecule has 2 N–H and O–H groups in total. The minimum Gasteiger partial charge on any atom is -0.355 e. The molecule has 1 saturated heterocycles. The summed E-state index contributed by atoms with van der Waals surface area (Å²) in [6.07, 6.45) is -2.35. The molecule has 0 saturated carbocycles. The van der Waals surface area contributed by atoms with Gasteiger partial charge >= 0.3 is 6.18 Å². The quantitative estimate of drug-likeness (QED) is 0.798. The lowest BCUT2D eigenvalue weighted by molar-refractivity contribution is -0.137. The fraction of sp³-hybridized carbons (Fsp3) is 0.500. The van der Waals surface area contributed by atoms with Gasteiger partial charge in [-0.2, -0.15) is 13.2 Å². The van der Waals surface area contributed by atoms with Crippen molar-refractivity contribution in [3.05, 3.63) is 23.9 Å². The van der Waals surface area contributed by atoms with Crippen LogP contribution in [0.1, 0.15) is 12.0 Å². The molecular weight excluding hydrogens is 219 g/mol. The molecule has 88 valence electrons. The van der Waals surface area contributed by atoms with E-state index in [4.69, 9.17) is 5.73 Å². The molecule has 1 atom stereocenters. The van der Waals surface area contributed by atoms with Crippen molar-refractivity contribution in [3.63, 3.8) is 0 Å². The van der Waals surface area contributed by atoms with Crippen LogP contribution in [0.4, 0.5) is 19.0 Å². The van der Waals surface area contributed by atoms with Gasteiger partial charge in [0.2, 0.25) is 0 Å². The molecule has 0 spiro atoms. The molecule has 0 aliphatic carbocycles. The fourth-order valence-corrected chi connectivity index (χ4v) is 1.76. The second kappa shape index (κ2) is 3.93. The number of anilines is 1. The maximum atomic E-state index is 12.5. The Morgan fingerprint density at radius 2 is 2.19 bits per heavy atom. The average molecular weight is 231 g/mol. The number of pyridine rings is 1. The first kappa shape index (κ1) is 11.2. The topological polar surface area (TPSA) is 42.1 Å². The van der Waals surface area contributed by atoms with Gasteiger partial charge in [0.05, 0.1) is 5.56 Å². The standard InChI is InChI=1S/C10H12F3N3/c11-10(12,13)7-1-3-15-9(5-7)16-4-2-8(14)6-16/h1,3,5,8H,2,4,6,14H2/t8-/m1/s1.